The maximum Gasteiger partial charge on any atom is 0.119 e. The predicted octanol–water partition coefficient (Wildman–Crippen LogP) is 4.51. The number of ether oxygens (including phenoxy) is 1. The molecule has 2 heterocycles. The summed E-state index contributed by atoms with van der Waals surface area (Å²) in [6, 6.07) is 20.4. The first kappa shape index (κ1) is 15.7. The van der Waals surface area contributed by atoms with Gasteiger partial charge in [-0.3, -0.25) is 4.90 Å². The molecule has 0 amide bonds. The van der Waals surface area contributed by atoms with E-state index in [0.29, 0.717) is 0 Å². The minimum absolute atomic E-state index is 0.725. The molecule has 2 aliphatic heterocycles. The van der Waals surface area contributed by atoms with Gasteiger partial charge in [0, 0.05) is 19.1 Å². The molecule has 2 nitrogen and oxygen atoms in total. The third kappa shape index (κ3) is 3.21. The minimum atomic E-state index is 0.725. The Morgan fingerprint density at radius 2 is 1.92 bits per heavy atom. The summed E-state index contributed by atoms with van der Waals surface area (Å²) in [5, 5.41) is 0. The van der Waals surface area contributed by atoms with Crippen LogP contribution in [0.15, 0.2) is 54.6 Å². The minimum Gasteiger partial charge on any atom is -0.497 e. The first-order valence-electron chi connectivity index (χ1n) is 9.25. The van der Waals surface area contributed by atoms with Gasteiger partial charge in [-0.1, -0.05) is 42.5 Å². The number of hydrogen-bond donors (Lipinski definition) is 0. The van der Waals surface area contributed by atoms with E-state index in [-0.39, 0.29) is 0 Å². The van der Waals surface area contributed by atoms with Crippen molar-refractivity contribution >= 4 is 0 Å². The van der Waals surface area contributed by atoms with Crippen LogP contribution >= 0.6 is 0 Å². The topological polar surface area (TPSA) is 12.5 Å². The van der Waals surface area contributed by atoms with E-state index in [1.165, 1.54) is 31.4 Å². The molecule has 126 valence electrons. The van der Waals surface area contributed by atoms with E-state index >= 15 is 0 Å². The lowest BCUT2D eigenvalue weighted by molar-refractivity contribution is 0.0309. The Morgan fingerprint density at radius 1 is 1.04 bits per heavy atom. The van der Waals surface area contributed by atoms with Gasteiger partial charge in [-0.25, -0.2) is 0 Å². The zero-order chi connectivity index (χ0) is 16.4. The summed E-state index contributed by atoms with van der Waals surface area (Å²) in [4.78, 5) is 2.76. The largest absolute Gasteiger partial charge is 0.497 e. The maximum absolute atomic E-state index is 5.36. The van der Waals surface area contributed by atoms with Crippen LogP contribution in [0.1, 0.15) is 36.3 Å². The highest BCUT2D eigenvalue weighted by Crippen LogP contribution is 2.44. The highest BCUT2D eigenvalue weighted by atomic mass is 16.5. The molecule has 2 aromatic carbocycles. The molecule has 5 rings (SSSR count). The van der Waals surface area contributed by atoms with Gasteiger partial charge in [0.1, 0.15) is 5.75 Å². The van der Waals surface area contributed by atoms with E-state index < -0.39 is 0 Å². The molecule has 2 heteroatoms. The Bertz CT molecular complexity index is 669. The van der Waals surface area contributed by atoms with Gasteiger partial charge in [-0.05, 0) is 60.8 Å². The van der Waals surface area contributed by atoms with E-state index in [9.17, 15) is 0 Å². The molecular formula is C22H27NO. The number of rotatable bonds is 5. The molecule has 0 aromatic heterocycles. The second-order valence-electron chi connectivity index (χ2n) is 7.36. The van der Waals surface area contributed by atoms with Crippen molar-refractivity contribution in [2.75, 3.05) is 20.2 Å². The van der Waals surface area contributed by atoms with Crippen molar-refractivity contribution in [1.82, 2.24) is 4.90 Å². The maximum atomic E-state index is 5.36. The van der Waals surface area contributed by atoms with Crippen molar-refractivity contribution in [3.05, 3.63) is 65.7 Å². The molecule has 3 aliphatic rings. The molecule has 1 saturated carbocycles. The number of methoxy groups -OCH3 is 1. The van der Waals surface area contributed by atoms with Crippen molar-refractivity contribution in [2.24, 2.45) is 5.92 Å². The van der Waals surface area contributed by atoms with Gasteiger partial charge < -0.3 is 4.74 Å². The van der Waals surface area contributed by atoms with Gasteiger partial charge >= 0.3 is 0 Å². The third-order valence-corrected chi connectivity index (χ3v) is 5.93. The van der Waals surface area contributed by atoms with Gasteiger partial charge in [0.15, 0.2) is 0 Å². The van der Waals surface area contributed by atoms with E-state index in [0.717, 1.165) is 36.6 Å². The lowest BCUT2D eigenvalue weighted by Gasteiger charge is -2.50. The lowest BCUT2D eigenvalue weighted by atomic mass is 9.70. The van der Waals surface area contributed by atoms with E-state index in [2.05, 4.69) is 53.4 Å². The molecule has 0 spiro atoms. The Morgan fingerprint density at radius 3 is 2.71 bits per heavy atom. The smallest absolute Gasteiger partial charge is 0.119 e. The van der Waals surface area contributed by atoms with E-state index in [4.69, 9.17) is 4.74 Å². The number of fused-ring (bicyclic) bond motifs is 3. The average molecular weight is 321 g/mol. The van der Waals surface area contributed by atoms with Crippen molar-refractivity contribution in [3.8, 4) is 5.75 Å². The summed E-state index contributed by atoms with van der Waals surface area (Å²) >= 11 is 0. The standard InChI is InChI=1S/C22H27NO/c1-24-20-9-5-6-17(14-20)12-13-23-16-18-10-11-22(23)21(15-18)19-7-3-2-4-8-19/h2-9,14,18,21-22H,10-13,15-16H2,1H3. The molecule has 0 N–H and O–H groups in total. The molecule has 3 atom stereocenters. The predicted molar refractivity (Wildman–Crippen MR) is 98.6 cm³/mol. The molecule has 2 aromatic rings. The molecule has 24 heavy (non-hydrogen) atoms. The number of nitrogens with zero attached hydrogens (tertiary/aromatic N) is 1. The fraction of sp³-hybridized carbons (Fsp3) is 0.455. The summed E-state index contributed by atoms with van der Waals surface area (Å²) in [5.41, 5.74) is 2.92. The Labute approximate surface area is 145 Å². The van der Waals surface area contributed by atoms with Crippen LogP contribution in [0, 0.1) is 5.92 Å². The highest BCUT2D eigenvalue weighted by molar-refractivity contribution is 5.29. The molecular weight excluding hydrogens is 294 g/mol. The Balaban J connectivity index is 1.45. The van der Waals surface area contributed by atoms with Crippen molar-refractivity contribution in [2.45, 2.75) is 37.6 Å². The van der Waals surface area contributed by atoms with Gasteiger partial charge in [-0.15, -0.1) is 0 Å². The summed E-state index contributed by atoms with van der Waals surface area (Å²) in [6.07, 6.45) is 5.28. The molecule has 0 radical (unpaired) electrons. The first-order chi connectivity index (χ1) is 11.8. The molecule has 2 saturated heterocycles. The molecule has 3 unspecified atom stereocenters. The average Bonchev–Trinajstić information content (AvgIpc) is 2.67. The van der Waals surface area contributed by atoms with Crippen LogP contribution in [0.4, 0.5) is 0 Å². The van der Waals surface area contributed by atoms with Crippen LogP contribution in [-0.2, 0) is 6.42 Å². The second kappa shape index (κ2) is 6.98. The second-order valence-corrected chi connectivity index (χ2v) is 7.36. The normalized spacial score (nSPS) is 26.5. The van der Waals surface area contributed by atoms with Gasteiger partial charge in [-0.2, -0.15) is 0 Å². The zero-order valence-corrected chi connectivity index (χ0v) is 14.5. The quantitative estimate of drug-likeness (QED) is 0.803. The third-order valence-electron chi connectivity index (χ3n) is 5.93. The van der Waals surface area contributed by atoms with Gasteiger partial charge in [0.05, 0.1) is 7.11 Å². The first-order valence-corrected chi connectivity index (χ1v) is 9.25. The fourth-order valence-corrected chi connectivity index (χ4v) is 4.73. The van der Waals surface area contributed by atoms with Crippen molar-refractivity contribution in [1.29, 1.82) is 0 Å². The van der Waals surface area contributed by atoms with Crippen LogP contribution in [0.25, 0.3) is 0 Å². The highest BCUT2D eigenvalue weighted by Gasteiger charge is 2.40. The number of benzene rings is 2. The molecule has 3 fully saturated rings. The zero-order valence-electron chi connectivity index (χ0n) is 14.5. The number of hydrogen-bond acceptors (Lipinski definition) is 2. The molecule has 2 bridgehead atoms. The van der Waals surface area contributed by atoms with Crippen LogP contribution in [0.3, 0.4) is 0 Å². The Hall–Kier alpha value is -1.80. The van der Waals surface area contributed by atoms with Crippen molar-refractivity contribution in [3.63, 3.8) is 0 Å². The lowest BCUT2D eigenvalue weighted by Crippen LogP contribution is -2.52. The fourth-order valence-electron chi connectivity index (χ4n) is 4.73. The van der Waals surface area contributed by atoms with E-state index in [1.807, 2.05) is 6.07 Å². The van der Waals surface area contributed by atoms with Crippen LogP contribution < -0.4 is 4.74 Å². The summed E-state index contributed by atoms with van der Waals surface area (Å²) in [7, 11) is 1.74. The number of piperidine rings is 2. The summed E-state index contributed by atoms with van der Waals surface area (Å²) < 4.78 is 5.36. The van der Waals surface area contributed by atoms with Gasteiger partial charge in [0.25, 0.3) is 0 Å². The monoisotopic (exact) mass is 321 g/mol. The summed E-state index contributed by atoms with van der Waals surface area (Å²) in [6.45, 7) is 2.45. The van der Waals surface area contributed by atoms with E-state index in [1.54, 1.807) is 12.7 Å². The van der Waals surface area contributed by atoms with Crippen LogP contribution in [-0.4, -0.2) is 31.1 Å². The SMILES string of the molecule is COc1cccc(CCN2CC3CCC2C(c2ccccc2)C3)c1. The molecule has 1 aliphatic carbocycles. The van der Waals surface area contributed by atoms with Crippen LogP contribution in [0.5, 0.6) is 5.75 Å². The summed E-state index contributed by atoms with van der Waals surface area (Å²) in [5.74, 6) is 2.57. The van der Waals surface area contributed by atoms with Crippen LogP contribution in [0.2, 0.25) is 0 Å². The Kier molecular flexibility index (Phi) is 4.57. The van der Waals surface area contributed by atoms with Gasteiger partial charge in [0.2, 0.25) is 0 Å². The van der Waals surface area contributed by atoms with Crippen molar-refractivity contribution < 1.29 is 4.74 Å².